The van der Waals surface area contributed by atoms with Gasteiger partial charge in [0.2, 0.25) is 5.88 Å². The summed E-state index contributed by atoms with van der Waals surface area (Å²) < 4.78 is 83.5. The molecule has 3 aromatic rings. The summed E-state index contributed by atoms with van der Waals surface area (Å²) in [7, 11) is 2.87. The number of alkyl halides is 5. The topological polar surface area (TPSA) is 91.6 Å². The van der Waals surface area contributed by atoms with E-state index in [9.17, 15) is 22.0 Å². The van der Waals surface area contributed by atoms with Gasteiger partial charge in [0.05, 0.1) is 26.1 Å². The molecule has 218 valence electrons. The van der Waals surface area contributed by atoms with Crippen molar-refractivity contribution >= 4 is 6.21 Å². The molecule has 14 heteroatoms. The summed E-state index contributed by atoms with van der Waals surface area (Å²) in [6.45, 7) is 6.03. The molecule has 0 radical (unpaired) electrons. The van der Waals surface area contributed by atoms with E-state index in [1.807, 2.05) is 0 Å². The third-order valence-electron chi connectivity index (χ3n) is 6.30. The second-order valence-electron chi connectivity index (χ2n) is 9.25. The van der Waals surface area contributed by atoms with Gasteiger partial charge < -0.3 is 25.8 Å². The number of hydrogen-bond acceptors (Lipinski definition) is 8. The Hall–Kier alpha value is -3.56. The van der Waals surface area contributed by atoms with Crippen molar-refractivity contribution in [2.45, 2.75) is 57.2 Å². The van der Waals surface area contributed by atoms with Gasteiger partial charge in [0.15, 0.2) is 11.6 Å². The quantitative estimate of drug-likeness (QED) is 0.140. The molecule has 42 heavy (non-hydrogen) atoms. The summed E-state index contributed by atoms with van der Waals surface area (Å²) in [4.78, 5) is 20.5. The maximum Gasteiger partial charge on any atom is 1.00 e. The van der Waals surface area contributed by atoms with Crippen LogP contribution in [-0.4, -0.2) is 52.5 Å². The van der Waals surface area contributed by atoms with Crippen molar-refractivity contribution in [3.8, 4) is 28.9 Å². The molecule has 2 aromatic heterocycles. The molecule has 0 bridgehead atoms. The number of halogens is 5. The van der Waals surface area contributed by atoms with Crippen molar-refractivity contribution in [2.24, 2.45) is 4.99 Å². The number of nitrogens with zero attached hydrogens (tertiary/aromatic N) is 5. The van der Waals surface area contributed by atoms with E-state index in [4.69, 9.17) is 20.8 Å². The Morgan fingerprint density at radius 1 is 1.05 bits per heavy atom. The fourth-order valence-electron chi connectivity index (χ4n) is 3.87. The number of ether oxygens (including phenoxy) is 3. The molecule has 0 saturated heterocycles. The first-order valence-corrected chi connectivity index (χ1v) is 12.5. The Morgan fingerprint density at radius 3 is 2.40 bits per heavy atom. The number of rotatable bonds is 12. The predicted molar refractivity (Wildman–Crippen MR) is 138 cm³/mol. The van der Waals surface area contributed by atoms with Gasteiger partial charge in [-0.05, 0) is 24.6 Å². The molecule has 1 aromatic carbocycles. The summed E-state index contributed by atoms with van der Waals surface area (Å²) in [5, 5.41) is 0. The van der Waals surface area contributed by atoms with E-state index < -0.39 is 30.6 Å². The Bertz CT molecular complexity index is 1450. The first-order chi connectivity index (χ1) is 19.5. The van der Waals surface area contributed by atoms with Crippen LogP contribution in [-0.2, 0) is 13.0 Å². The summed E-state index contributed by atoms with van der Waals surface area (Å²) in [5.74, 6) is -2.11. The summed E-state index contributed by atoms with van der Waals surface area (Å²) in [6, 6.07) is 4.08. The van der Waals surface area contributed by atoms with Gasteiger partial charge >= 0.3 is 25.0 Å². The second-order valence-corrected chi connectivity index (χ2v) is 9.25. The summed E-state index contributed by atoms with van der Waals surface area (Å²) in [6.07, 6.45) is 0.908. The first kappa shape index (κ1) is 32.9. The zero-order valence-corrected chi connectivity index (χ0v) is 23.4. The molecule has 0 N–H and O–H groups in total. The van der Waals surface area contributed by atoms with Crippen LogP contribution in [0.2, 0.25) is 0 Å². The third-order valence-corrected chi connectivity index (χ3v) is 6.30. The minimum absolute atomic E-state index is 0. The summed E-state index contributed by atoms with van der Waals surface area (Å²) in [5.41, 5.74) is 0.162. The van der Waals surface area contributed by atoms with E-state index in [0.717, 1.165) is 18.5 Å². The molecule has 1 fully saturated rings. The zero-order valence-electron chi connectivity index (χ0n) is 23.4. The molecule has 0 atom stereocenters. The van der Waals surface area contributed by atoms with Crippen LogP contribution in [0.1, 0.15) is 54.5 Å². The fourth-order valence-corrected chi connectivity index (χ4v) is 3.87. The van der Waals surface area contributed by atoms with Crippen LogP contribution < -0.4 is 33.1 Å². The molecule has 1 aliphatic rings. The largest absolute Gasteiger partial charge is 1.00 e. The van der Waals surface area contributed by atoms with Gasteiger partial charge in [-0.3, -0.25) is 0 Å². The van der Waals surface area contributed by atoms with Crippen LogP contribution in [0.15, 0.2) is 41.4 Å². The van der Waals surface area contributed by atoms with Gasteiger partial charge in [0.1, 0.15) is 18.5 Å². The van der Waals surface area contributed by atoms with E-state index in [-0.39, 0.29) is 60.0 Å². The molecule has 1 aliphatic carbocycles. The molecular formula is C28H26F5LiN5O3-. The maximum atomic E-state index is 14.4. The Kier molecular flexibility index (Phi) is 10.7. The van der Waals surface area contributed by atoms with E-state index in [1.54, 1.807) is 0 Å². The monoisotopic (exact) mass is 582 g/mol. The fraction of sp³-hybridized carbons (Fsp3) is 0.393. The molecule has 2 heterocycles. The molecule has 4 rings (SSSR count). The number of aliphatic imine (C=N–C) groups is 1. The molecule has 0 unspecified atom stereocenters. The molecular weight excluding hydrogens is 556 g/mol. The minimum atomic E-state index is -4.84. The smallest absolute Gasteiger partial charge is 0.536 e. The van der Waals surface area contributed by atoms with Crippen LogP contribution in [0.4, 0.5) is 22.0 Å². The van der Waals surface area contributed by atoms with E-state index in [2.05, 4.69) is 31.1 Å². The Morgan fingerprint density at radius 2 is 1.79 bits per heavy atom. The number of aromatic nitrogens is 4. The van der Waals surface area contributed by atoms with Crippen molar-refractivity contribution in [1.29, 1.82) is 0 Å². The molecule has 0 aliphatic heterocycles. The maximum absolute atomic E-state index is 14.4. The molecule has 1 saturated carbocycles. The van der Waals surface area contributed by atoms with Crippen molar-refractivity contribution < 1.29 is 55.0 Å². The number of methoxy groups -OCH3 is 2. The number of hydrogen-bond donors (Lipinski definition) is 0. The minimum Gasteiger partial charge on any atom is -0.536 e. The van der Waals surface area contributed by atoms with Crippen molar-refractivity contribution in [3.63, 3.8) is 0 Å². The van der Waals surface area contributed by atoms with Crippen LogP contribution in [0, 0.1) is 6.58 Å². The SMILES string of the molecule is [CH-]=C(N=[C-]c1ccc(COc2nc(-c3c(OC)ncnc3C3CC3)ncc2OC)c(CC(F)(F)CC)c1)C(F)(F)F.[Li+]. The first-order valence-electron chi connectivity index (χ1n) is 12.5. The van der Waals surface area contributed by atoms with Crippen molar-refractivity contribution in [3.05, 3.63) is 65.4 Å². The van der Waals surface area contributed by atoms with Gasteiger partial charge in [-0.2, -0.15) is 18.2 Å². The van der Waals surface area contributed by atoms with Crippen molar-refractivity contribution in [1.82, 2.24) is 19.9 Å². The van der Waals surface area contributed by atoms with Crippen molar-refractivity contribution in [2.75, 3.05) is 14.2 Å². The van der Waals surface area contributed by atoms with Crippen LogP contribution in [0.5, 0.6) is 17.5 Å². The van der Waals surface area contributed by atoms with Gasteiger partial charge in [-0.15, -0.1) is 23.4 Å². The predicted octanol–water partition coefficient (Wildman–Crippen LogP) is 3.17. The Balaban J connectivity index is 0.00000484. The zero-order chi connectivity index (χ0) is 29.8. The molecule has 8 nitrogen and oxygen atoms in total. The van der Waals surface area contributed by atoms with Crippen LogP contribution in [0.25, 0.3) is 11.4 Å². The van der Waals surface area contributed by atoms with Gasteiger partial charge in [0.25, 0.3) is 11.8 Å². The second kappa shape index (κ2) is 13.6. The van der Waals surface area contributed by atoms with Gasteiger partial charge in [0, 0.05) is 18.8 Å². The van der Waals surface area contributed by atoms with Crippen LogP contribution >= 0.6 is 0 Å². The molecule has 0 spiro atoms. The number of benzene rings is 1. The summed E-state index contributed by atoms with van der Waals surface area (Å²) >= 11 is 0. The van der Waals surface area contributed by atoms with Gasteiger partial charge in [-0.25, -0.2) is 23.7 Å². The normalized spacial score (nSPS) is 13.5. The Labute approximate surface area is 251 Å². The number of allylic oxidation sites excluding steroid dienone is 1. The molecule has 0 amide bonds. The average Bonchev–Trinajstić information content (AvgIpc) is 3.79. The van der Waals surface area contributed by atoms with Crippen LogP contribution in [0.3, 0.4) is 0 Å². The average molecular weight is 582 g/mol. The van der Waals surface area contributed by atoms with E-state index in [1.165, 1.54) is 51.9 Å². The van der Waals surface area contributed by atoms with E-state index in [0.29, 0.717) is 17.0 Å². The van der Waals surface area contributed by atoms with E-state index >= 15 is 0 Å². The third kappa shape index (κ3) is 8.04. The van der Waals surface area contributed by atoms with Gasteiger partial charge in [-0.1, -0.05) is 18.6 Å². The standard InChI is InChI=1S/C28H26F5N5O3.Li/c1-5-27(29,30)11-20-10-17(12-34-16(2)28(31,32)33)6-7-19(20)14-41-25-21(39-3)13-35-24(38-25)22-23(18-8-9-18)36-15-37-26(22)40-4;/h2,6-7,10,13,15,18H,5,8-9,11,14H2,1,3-4H3;/q-2;+1.